The molecule has 1 aliphatic carbocycles. The van der Waals surface area contributed by atoms with Crippen molar-refractivity contribution < 1.29 is 18.3 Å². The van der Waals surface area contributed by atoms with Crippen molar-refractivity contribution in [1.29, 1.82) is 0 Å². The Morgan fingerprint density at radius 2 is 1.86 bits per heavy atom. The first kappa shape index (κ1) is 11.8. The molecule has 0 aliphatic heterocycles. The zero-order chi connectivity index (χ0) is 11.0. The van der Waals surface area contributed by atoms with Crippen molar-refractivity contribution in [2.75, 3.05) is 0 Å². The van der Waals surface area contributed by atoms with Crippen molar-refractivity contribution in [2.45, 2.75) is 51.3 Å². The van der Waals surface area contributed by atoms with Gasteiger partial charge in [-0.2, -0.15) is 13.2 Å². The molecule has 1 nitrogen and oxygen atoms in total. The standard InChI is InChI=1S/C10H17F3O/c1-7(2)8-5-9(14,6-8)3-4-10(11,12)13/h7-8,14H,3-6H2,1-2H3. The average molecular weight is 210 g/mol. The molecule has 0 heterocycles. The molecule has 0 radical (unpaired) electrons. The van der Waals surface area contributed by atoms with Gasteiger partial charge in [-0.3, -0.25) is 0 Å². The summed E-state index contributed by atoms with van der Waals surface area (Å²) in [6.07, 6.45) is -4.09. The van der Waals surface area contributed by atoms with Gasteiger partial charge in [0.25, 0.3) is 0 Å². The van der Waals surface area contributed by atoms with Crippen LogP contribution < -0.4 is 0 Å². The van der Waals surface area contributed by atoms with Crippen LogP contribution in [0.4, 0.5) is 13.2 Å². The molecule has 1 N–H and O–H groups in total. The number of aliphatic hydroxyl groups is 1. The lowest BCUT2D eigenvalue weighted by atomic mass is 9.64. The van der Waals surface area contributed by atoms with Crippen LogP contribution in [0.2, 0.25) is 0 Å². The Bertz CT molecular complexity index is 192. The topological polar surface area (TPSA) is 20.2 Å². The van der Waals surface area contributed by atoms with Gasteiger partial charge in [0.1, 0.15) is 0 Å². The van der Waals surface area contributed by atoms with Gasteiger partial charge >= 0.3 is 6.18 Å². The molecule has 0 spiro atoms. The molecule has 0 unspecified atom stereocenters. The van der Waals surface area contributed by atoms with E-state index in [4.69, 9.17) is 0 Å². The first-order valence-corrected chi connectivity index (χ1v) is 5.01. The van der Waals surface area contributed by atoms with Crippen LogP contribution in [0, 0.1) is 11.8 Å². The van der Waals surface area contributed by atoms with Gasteiger partial charge in [-0.15, -0.1) is 0 Å². The van der Waals surface area contributed by atoms with E-state index < -0.39 is 18.2 Å². The van der Waals surface area contributed by atoms with Crippen molar-refractivity contribution in [3.63, 3.8) is 0 Å². The molecular weight excluding hydrogens is 193 g/mol. The monoisotopic (exact) mass is 210 g/mol. The van der Waals surface area contributed by atoms with Crippen LogP contribution in [0.3, 0.4) is 0 Å². The maximum Gasteiger partial charge on any atom is 0.389 e. The molecule has 0 amide bonds. The Hall–Kier alpha value is -0.250. The molecule has 0 atom stereocenters. The lowest BCUT2D eigenvalue weighted by Crippen LogP contribution is -2.46. The van der Waals surface area contributed by atoms with E-state index >= 15 is 0 Å². The summed E-state index contributed by atoms with van der Waals surface area (Å²) in [6.45, 7) is 4.07. The summed E-state index contributed by atoms with van der Waals surface area (Å²) in [7, 11) is 0. The summed E-state index contributed by atoms with van der Waals surface area (Å²) >= 11 is 0. The van der Waals surface area contributed by atoms with Gasteiger partial charge in [0.15, 0.2) is 0 Å². The second-order valence-electron chi connectivity index (χ2n) is 4.75. The van der Waals surface area contributed by atoms with Crippen molar-refractivity contribution in [3.05, 3.63) is 0 Å². The number of hydrogen-bond donors (Lipinski definition) is 1. The maximum atomic E-state index is 11.9. The number of hydrogen-bond acceptors (Lipinski definition) is 1. The highest BCUT2D eigenvalue weighted by molar-refractivity contribution is 4.95. The largest absolute Gasteiger partial charge is 0.390 e. The molecular formula is C10H17F3O. The number of alkyl halides is 3. The number of rotatable bonds is 3. The van der Waals surface area contributed by atoms with Gasteiger partial charge in [0.05, 0.1) is 5.60 Å². The van der Waals surface area contributed by atoms with Gasteiger partial charge in [-0.05, 0) is 31.1 Å². The van der Waals surface area contributed by atoms with Gasteiger partial charge in [-0.1, -0.05) is 13.8 Å². The summed E-state index contributed by atoms with van der Waals surface area (Å²) in [6, 6.07) is 0. The fraction of sp³-hybridized carbons (Fsp3) is 1.00. The quantitative estimate of drug-likeness (QED) is 0.758. The summed E-state index contributed by atoms with van der Waals surface area (Å²) in [4.78, 5) is 0. The van der Waals surface area contributed by atoms with Crippen LogP contribution in [0.15, 0.2) is 0 Å². The third kappa shape index (κ3) is 3.15. The molecule has 0 aromatic rings. The van der Waals surface area contributed by atoms with Crippen molar-refractivity contribution in [3.8, 4) is 0 Å². The van der Waals surface area contributed by atoms with Crippen molar-refractivity contribution in [1.82, 2.24) is 0 Å². The van der Waals surface area contributed by atoms with Crippen molar-refractivity contribution >= 4 is 0 Å². The van der Waals surface area contributed by atoms with E-state index in [0.717, 1.165) is 0 Å². The molecule has 0 bridgehead atoms. The highest BCUT2D eigenvalue weighted by Gasteiger charge is 2.45. The zero-order valence-electron chi connectivity index (χ0n) is 8.56. The Kier molecular flexibility index (Phi) is 3.14. The molecule has 4 heteroatoms. The summed E-state index contributed by atoms with van der Waals surface area (Å²) in [5, 5.41) is 9.69. The highest BCUT2D eigenvalue weighted by atomic mass is 19.4. The van der Waals surface area contributed by atoms with Crippen LogP contribution in [0.5, 0.6) is 0 Å². The minimum atomic E-state index is -4.14. The van der Waals surface area contributed by atoms with Gasteiger partial charge < -0.3 is 5.11 Å². The fourth-order valence-electron chi connectivity index (χ4n) is 1.97. The molecule has 84 valence electrons. The fourth-order valence-corrected chi connectivity index (χ4v) is 1.97. The third-order valence-corrected chi connectivity index (χ3v) is 3.10. The van der Waals surface area contributed by atoms with E-state index in [9.17, 15) is 18.3 Å². The van der Waals surface area contributed by atoms with E-state index in [1.54, 1.807) is 0 Å². The summed E-state index contributed by atoms with van der Waals surface area (Å²) in [5.41, 5.74) is -1.04. The third-order valence-electron chi connectivity index (χ3n) is 3.10. The van der Waals surface area contributed by atoms with Crippen LogP contribution in [0.1, 0.15) is 39.5 Å². The lowest BCUT2D eigenvalue weighted by molar-refractivity contribution is -0.163. The Labute approximate surface area is 82.3 Å². The van der Waals surface area contributed by atoms with Gasteiger partial charge in [-0.25, -0.2) is 0 Å². The van der Waals surface area contributed by atoms with Gasteiger partial charge in [0.2, 0.25) is 0 Å². The second kappa shape index (κ2) is 3.72. The smallest absolute Gasteiger partial charge is 0.389 e. The molecule has 1 rings (SSSR count). The van der Waals surface area contributed by atoms with E-state index in [2.05, 4.69) is 0 Å². The summed E-state index contributed by atoms with van der Waals surface area (Å²) in [5.74, 6) is 0.856. The van der Waals surface area contributed by atoms with Gasteiger partial charge in [0, 0.05) is 6.42 Å². The lowest BCUT2D eigenvalue weighted by Gasteiger charge is -2.46. The molecule has 1 saturated carbocycles. The molecule has 1 fully saturated rings. The number of halogens is 3. The Morgan fingerprint density at radius 3 is 2.21 bits per heavy atom. The zero-order valence-corrected chi connectivity index (χ0v) is 8.56. The van der Waals surface area contributed by atoms with E-state index in [1.165, 1.54) is 0 Å². The predicted molar refractivity (Wildman–Crippen MR) is 47.8 cm³/mol. The predicted octanol–water partition coefficient (Wildman–Crippen LogP) is 3.13. The Morgan fingerprint density at radius 1 is 1.36 bits per heavy atom. The van der Waals surface area contributed by atoms with Crippen LogP contribution >= 0.6 is 0 Å². The molecule has 1 aliphatic rings. The first-order valence-electron chi connectivity index (χ1n) is 5.01. The Balaban J connectivity index is 2.28. The first-order chi connectivity index (χ1) is 6.22. The molecule has 14 heavy (non-hydrogen) atoms. The molecule has 0 saturated heterocycles. The summed E-state index contributed by atoms with van der Waals surface area (Å²) < 4.78 is 35.7. The normalized spacial score (nSPS) is 33.2. The van der Waals surface area contributed by atoms with Crippen molar-refractivity contribution in [2.24, 2.45) is 11.8 Å². The van der Waals surface area contributed by atoms with E-state index in [-0.39, 0.29) is 6.42 Å². The molecule has 0 aromatic carbocycles. The van der Waals surface area contributed by atoms with Crippen LogP contribution in [-0.4, -0.2) is 16.9 Å². The molecule has 0 aromatic heterocycles. The maximum absolute atomic E-state index is 11.9. The van der Waals surface area contributed by atoms with Crippen LogP contribution in [0.25, 0.3) is 0 Å². The average Bonchev–Trinajstić information content (AvgIpc) is 1.93. The second-order valence-corrected chi connectivity index (χ2v) is 4.75. The van der Waals surface area contributed by atoms with Crippen LogP contribution in [-0.2, 0) is 0 Å². The minimum Gasteiger partial charge on any atom is -0.390 e. The minimum absolute atomic E-state index is 0.139. The van der Waals surface area contributed by atoms with E-state index in [0.29, 0.717) is 24.7 Å². The SMILES string of the molecule is CC(C)C1CC(O)(CCC(F)(F)F)C1. The highest BCUT2D eigenvalue weighted by Crippen LogP contribution is 2.45. The van der Waals surface area contributed by atoms with E-state index in [1.807, 2.05) is 13.8 Å².